The highest BCUT2D eigenvalue weighted by Crippen LogP contribution is 2.54. The maximum Gasteiger partial charge on any atom is 0.0620 e. The molecule has 0 aromatic heterocycles. The second kappa shape index (κ2) is 13.5. The molecule has 0 amide bonds. The Hall–Kier alpha value is -5.40. The van der Waals surface area contributed by atoms with Gasteiger partial charge in [0.05, 0.1) is 5.54 Å². The van der Waals surface area contributed by atoms with E-state index in [1.54, 1.807) is 0 Å². The monoisotopic (exact) mass is 649 g/mol. The Kier molecular flexibility index (Phi) is 8.93. The molecule has 0 unspecified atom stereocenters. The van der Waals surface area contributed by atoms with E-state index in [-0.39, 0.29) is 11.0 Å². The summed E-state index contributed by atoms with van der Waals surface area (Å²) in [5, 5.41) is 6.58. The molecular formula is C49H47N. The van der Waals surface area contributed by atoms with Gasteiger partial charge in [-0.05, 0) is 110 Å². The summed E-state index contributed by atoms with van der Waals surface area (Å²) in [6.45, 7) is 15.7. The Morgan fingerprint density at radius 3 is 1.94 bits per heavy atom. The largest absolute Gasteiger partial charge is 0.376 e. The Morgan fingerprint density at radius 1 is 0.680 bits per heavy atom. The van der Waals surface area contributed by atoms with E-state index in [0.717, 1.165) is 18.5 Å². The minimum absolute atomic E-state index is 0.183. The molecule has 7 rings (SSSR count). The van der Waals surface area contributed by atoms with Crippen LogP contribution in [0.4, 0.5) is 5.69 Å². The third-order valence-electron chi connectivity index (χ3n) is 11.1. The van der Waals surface area contributed by atoms with Crippen LogP contribution in [0, 0.1) is 0 Å². The molecule has 0 fully saturated rings. The molecule has 0 heterocycles. The third-order valence-corrected chi connectivity index (χ3v) is 11.1. The lowest BCUT2D eigenvalue weighted by Gasteiger charge is -2.36. The molecule has 248 valence electrons. The van der Waals surface area contributed by atoms with E-state index in [1.165, 1.54) is 72.0 Å². The Bertz CT molecular complexity index is 2230. The molecule has 0 saturated heterocycles. The van der Waals surface area contributed by atoms with E-state index in [2.05, 4.69) is 192 Å². The molecule has 1 aliphatic carbocycles. The van der Waals surface area contributed by atoms with E-state index < -0.39 is 0 Å². The van der Waals surface area contributed by atoms with E-state index in [9.17, 15) is 0 Å². The predicted molar refractivity (Wildman–Crippen MR) is 218 cm³/mol. The van der Waals surface area contributed by atoms with Crippen LogP contribution in [-0.2, 0) is 11.0 Å². The Balaban J connectivity index is 1.32. The van der Waals surface area contributed by atoms with Gasteiger partial charge in [0.2, 0.25) is 0 Å². The first kappa shape index (κ1) is 33.1. The lowest BCUT2D eigenvalue weighted by Crippen LogP contribution is -2.34. The summed E-state index contributed by atoms with van der Waals surface area (Å²) in [5.41, 5.74) is 14.9. The number of rotatable bonds is 10. The second-order valence-electron chi connectivity index (χ2n) is 14.0. The molecule has 0 atom stereocenters. The van der Waals surface area contributed by atoms with Crippen LogP contribution in [0.2, 0.25) is 0 Å². The fourth-order valence-corrected chi connectivity index (χ4v) is 8.20. The SMILES string of the molecule is C=C/C=C(\C(=C/C)c1cc2c(c3ccccc13)-c1ccc(C(CC)(CC)Nc3ccc(-c4ccccc4)cc3)cc1C2(C)C)c1ccccc1. The second-order valence-corrected chi connectivity index (χ2v) is 14.0. The molecule has 0 radical (unpaired) electrons. The standard InChI is InChI=1S/C49H47N/c1-7-19-40(36-22-15-12-16-23-36)39(8-2)44-33-46-47(42-25-18-17-24-41(42)44)43-31-28-37(32-45(43)48(46,5)6)49(9-3,10-4)50-38-29-26-35(27-30-38)34-20-13-11-14-21-34/h7-8,11-33,50H,1,9-10H2,2-6H3/b39-8+,40-19-. The zero-order valence-corrected chi connectivity index (χ0v) is 30.1. The van der Waals surface area contributed by atoms with Crippen molar-refractivity contribution in [3.63, 3.8) is 0 Å². The smallest absolute Gasteiger partial charge is 0.0620 e. The average Bonchev–Trinajstić information content (AvgIpc) is 3.40. The average molecular weight is 650 g/mol. The predicted octanol–water partition coefficient (Wildman–Crippen LogP) is 13.6. The molecule has 0 spiro atoms. The number of nitrogens with one attached hydrogen (secondary N) is 1. The molecule has 50 heavy (non-hydrogen) atoms. The summed E-state index contributed by atoms with van der Waals surface area (Å²) >= 11 is 0. The number of hydrogen-bond acceptors (Lipinski definition) is 1. The highest BCUT2D eigenvalue weighted by Gasteiger charge is 2.39. The number of hydrogen-bond donors (Lipinski definition) is 1. The van der Waals surface area contributed by atoms with Crippen molar-refractivity contribution in [2.45, 2.75) is 58.4 Å². The molecule has 1 nitrogen and oxygen atoms in total. The van der Waals surface area contributed by atoms with E-state index in [0.29, 0.717) is 0 Å². The van der Waals surface area contributed by atoms with Gasteiger partial charge in [-0.3, -0.25) is 0 Å². The quantitative estimate of drug-likeness (QED) is 0.146. The molecule has 1 aliphatic rings. The summed E-state index contributed by atoms with van der Waals surface area (Å²) in [5.74, 6) is 0. The maximum absolute atomic E-state index is 4.08. The van der Waals surface area contributed by atoms with Crippen LogP contribution in [0.15, 0.2) is 158 Å². The van der Waals surface area contributed by atoms with Crippen molar-refractivity contribution in [3.05, 3.63) is 186 Å². The van der Waals surface area contributed by atoms with Crippen molar-refractivity contribution in [2.75, 3.05) is 5.32 Å². The highest BCUT2D eigenvalue weighted by atomic mass is 15.0. The van der Waals surface area contributed by atoms with Gasteiger partial charge < -0.3 is 5.32 Å². The van der Waals surface area contributed by atoms with Crippen LogP contribution in [0.5, 0.6) is 0 Å². The van der Waals surface area contributed by atoms with Gasteiger partial charge in [0.1, 0.15) is 0 Å². The van der Waals surface area contributed by atoms with Crippen LogP contribution < -0.4 is 5.32 Å². The number of allylic oxidation sites excluding steroid dienone is 5. The van der Waals surface area contributed by atoms with Crippen LogP contribution in [0.3, 0.4) is 0 Å². The van der Waals surface area contributed by atoms with Gasteiger partial charge >= 0.3 is 0 Å². The Labute approximate surface area is 298 Å². The minimum atomic E-state index is -0.195. The first-order chi connectivity index (χ1) is 24.3. The molecule has 1 N–H and O–H groups in total. The lowest BCUT2D eigenvalue weighted by atomic mass is 9.77. The van der Waals surface area contributed by atoms with Gasteiger partial charge in [-0.15, -0.1) is 0 Å². The minimum Gasteiger partial charge on any atom is -0.376 e. The van der Waals surface area contributed by atoms with Crippen molar-refractivity contribution in [1.29, 1.82) is 0 Å². The molecule has 0 saturated carbocycles. The van der Waals surface area contributed by atoms with Gasteiger partial charge in [0.15, 0.2) is 0 Å². The Morgan fingerprint density at radius 2 is 1.30 bits per heavy atom. The molecular weight excluding hydrogens is 603 g/mol. The maximum atomic E-state index is 4.08. The van der Waals surface area contributed by atoms with Gasteiger partial charge in [0.25, 0.3) is 0 Å². The zero-order chi connectivity index (χ0) is 34.9. The molecule has 0 bridgehead atoms. The van der Waals surface area contributed by atoms with Crippen LogP contribution >= 0.6 is 0 Å². The molecule has 1 heteroatoms. The van der Waals surface area contributed by atoms with Crippen molar-refractivity contribution in [3.8, 4) is 22.3 Å². The summed E-state index contributed by atoms with van der Waals surface area (Å²) in [6, 6.07) is 48.9. The molecule has 6 aromatic carbocycles. The third kappa shape index (κ3) is 5.61. The van der Waals surface area contributed by atoms with Crippen molar-refractivity contribution < 1.29 is 0 Å². The number of anilines is 1. The molecule has 0 aliphatic heterocycles. The fraction of sp³-hybridized carbons (Fsp3) is 0.184. The summed E-state index contributed by atoms with van der Waals surface area (Å²) in [7, 11) is 0. The first-order valence-electron chi connectivity index (χ1n) is 18.1. The van der Waals surface area contributed by atoms with E-state index >= 15 is 0 Å². The van der Waals surface area contributed by atoms with E-state index in [1.807, 2.05) is 6.08 Å². The normalized spacial score (nSPS) is 13.9. The van der Waals surface area contributed by atoms with Crippen LogP contribution in [0.25, 0.3) is 44.2 Å². The zero-order valence-electron chi connectivity index (χ0n) is 30.1. The number of fused-ring (bicyclic) bond motifs is 5. The first-order valence-corrected chi connectivity index (χ1v) is 18.1. The van der Waals surface area contributed by atoms with Gasteiger partial charge in [-0.1, -0.05) is 168 Å². The van der Waals surface area contributed by atoms with Crippen LogP contribution in [-0.4, -0.2) is 0 Å². The molecule has 6 aromatic rings. The summed E-state index contributed by atoms with van der Waals surface area (Å²) in [6.07, 6.45) is 8.27. The highest BCUT2D eigenvalue weighted by molar-refractivity contribution is 6.14. The van der Waals surface area contributed by atoms with Gasteiger partial charge in [0, 0.05) is 11.1 Å². The fourth-order valence-electron chi connectivity index (χ4n) is 8.20. The van der Waals surface area contributed by atoms with Crippen molar-refractivity contribution in [1.82, 2.24) is 0 Å². The topological polar surface area (TPSA) is 12.0 Å². The van der Waals surface area contributed by atoms with Crippen molar-refractivity contribution in [2.24, 2.45) is 0 Å². The number of benzene rings is 6. The van der Waals surface area contributed by atoms with Gasteiger partial charge in [-0.25, -0.2) is 0 Å². The summed E-state index contributed by atoms with van der Waals surface area (Å²) < 4.78 is 0. The van der Waals surface area contributed by atoms with Gasteiger partial charge in [-0.2, -0.15) is 0 Å². The van der Waals surface area contributed by atoms with Crippen molar-refractivity contribution >= 4 is 27.6 Å². The summed E-state index contributed by atoms with van der Waals surface area (Å²) in [4.78, 5) is 0. The van der Waals surface area contributed by atoms with E-state index in [4.69, 9.17) is 0 Å². The lowest BCUT2D eigenvalue weighted by molar-refractivity contribution is 0.453. The van der Waals surface area contributed by atoms with Crippen LogP contribution in [0.1, 0.15) is 75.3 Å².